The van der Waals surface area contributed by atoms with Gasteiger partial charge in [0, 0.05) is 38.4 Å². The summed E-state index contributed by atoms with van der Waals surface area (Å²) in [5, 5.41) is 9.19. The van der Waals surface area contributed by atoms with E-state index < -0.39 is 0 Å². The molecule has 1 aliphatic rings. The lowest BCUT2D eigenvalue weighted by Gasteiger charge is -2.22. The Hall–Kier alpha value is -1.06. The summed E-state index contributed by atoms with van der Waals surface area (Å²) in [4.78, 5) is 2.38. The zero-order valence-electron chi connectivity index (χ0n) is 10.4. The third-order valence-corrected chi connectivity index (χ3v) is 3.45. The Kier molecular flexibility index (Phi) is 4.40. The first kappa shape index (κ1) is 12.4. The highest BCUT2D eigenvalue weighted by Crippen LogP contribution is 2.27. The van der Waals surface area contributed by atoms with Gasteiger partial charge in [0.2, 0.25) is 0 Å². The molecule has 0 amide bonds. The molecule has 17 heavy (non-hydrogen) atoms. The van der Waals surface area contributed by atoms with Gasteiger partial charge in [-0.3, -0.25) is 0 Å². The minimum Gasteiger partial charge on any atom is -0.396 e. The van der Waals surface area contributed by atoms with E-state index in [-0.39, 0.29) is 0 Å². The molecule has 1 aromatic rings. The van der Waals surface area contributed by atoms with Crippen LogP contribution in [0.2, 0.25) is 0 Å². The van der Waals surface area contributed by atoms with Crippen molar-refractivity contribution < 1.29 is 9.84 Å². The second-order valence-electron chi connectivity index (χ2n) is 4.65. The topological polar surface area (TPSA) is 32.7 Å². The van der Waals surface area contributed by atoms with Crippen molar-refractivity contribution in [3.05, 3.63) is 29.8 Å². The smallest absolute Gasteiger partial charge is 0.0503 e. The van der Waals surface area contributed by atoms with E-state index >= 15 is 0 Å². The van der Waals surface area contributed by atoms with Crippen molar-refractivity contribution in [1.29, 1.82) is 0 Å². The Morgan fingerprint density at radius 1 is 1.41 bits per heavy atom. The van der Waals surface area contributed by atoms with E-state index in [9.17, 15) is 5.11 Å². The van der Waals surface area contributed by atoms with Gasteiger partial charge >= 0.3 is 0 Å². The summed E-state index contributed by atoms with van der Waals surface area (Å²) >= 11 is 0. The van der Waals surface area contributed by atoms with E-state index in [2.05, 4.69) is 29.2 Å². The summed E-state index contributed by atoms with van der Waals surface area (Å²) in [5.74, 6) is 0.436. The van der Waals surface area contributed by atoms with Crippen LogP contribution in [0.15, 0.2) is 24.3 Å². The fourth-order valence-electron chi connectivity index (χ4n) is 2.44. The number of anilines is 1. The highest BCUT2D eigenvalue weighted by molar-refractivity contribution is 5.54. The SMILES string of the molecule is COCCc1ccccc1N1CCC(CO)C1. The quantitative estimate of drug-likeness (QED) is 0.843. The predicted molar refractivity (Wildman–Crippen MR) is 69.4 cm³/mol. The molecule has 1 atom stereocenters. The molecule has 1 fully saturated rings. The van der Waals surface area contributed by atoms with Crippen molar-refractivity contribution >= 4 is 5.69 Å². The van der Waals surface area contributed by atoms with Gasteiger partial charge in [-0.1, -0.05) is 18.2 Å². The number of hydrogen-bond acceptors (Lipinski definition) is 3. The van der Waals surface area contributed by atoms with Gasteiger partial charge in [-0.15, -0.1) is 0 Å². The molecule has 0 saturated carbocycles. The molecule has 1 heterocycles. The molecule has 0 aliphatic carbocycles. The van der Waals surface area contributed by atoms with Crippen LogP contribution in [0.3, 0.4) is 0 Å². The minimum absolute atomic E-state index is 0.302. The molecule has 2 rings (SSSR count). The molecule has 0 bridgehead atoms. The lowest BCUT2D eigenvalue weighted by Crippen LogP contribution is -2.22. The highest BCUT2D eigenvalue weighted by Gasteiger charge is 2.23. The summed E-state index contributed by atoms with van der Waals surface area (Å²) in [6.45, 7) is 3.08. The molecule has 0 spiro atoms. The van der Waals surface area contributed by atoms with Crippen molar-refractivity contribution in [2.75, 3.05) is 38.3 Å². The third kappa shape index (κ3) is 2.99. The summed E-state index contributed by atoms with van der Waals surface area (Å²) < 4.78 is 5.15. The number of aliphatic hydroxyl groups excluding tert-OH is 1. The largest absolute Gasteiger partial charge is 0.396 e. The van der Waals surface area contributed by atoms with Crippen LogP contribution in [0.1, 0.15) is 12.0 Å². The standard InChI is InChI=1S/C14H21NO2/c1-17-9-7-13-4-2-3-5-14(13)15-8-6-12(10-15)11-16/h2-5,12,16H,6-11H2,1H3. The van der Waals surface area contributed by atoms with Crippen LogP contribution >= 0.6 is 0 Å². The number of para-hydroxylation sites is 1. The second kappa shape index (κ2) is 6.03. The molecule has 0 radical (unpaired) electrons. The number of nitrogens with zero attached hydrogens (tertiary/aromatic N) is 1. The summed E-state index contributed by atoms with van der Waals surface area (Å²) in [5.41, 5.74) is 2.65. The number of ether oxygens (including phenoxy) is 1. The maximum Gasteiger partial charge on any atom is 0.0503 e. The molecule has 1 aromatic carbocycles. The fourth-order valence-corrected chi connectivity index (χ4v) is 2.44. The Balaban J connectivity index is 2.09. The highest BCUT2D eigenvalue weighted by atomic mass is 16.5. The molecule has 3 heteroatoms. The summed E-state index contributed by atoms with van der Waals surface area (Å²) in [7, 11) is 1.74. The van der Waals surface area contributed by atoms with Crippen LogP contribution < -0.4 is 4.90 Å². The fraction of sp³-hybridized carbons (Fsp3) is 0.571. The molecule has 1 unspecified atom stereocenters. The van der Waals surface area contributed by atoms with Crippen molar-refractivity contribution in [2.45, 2.75) is 12.8 Å². The van der Waals surface area contributed by atoms with Gasteiger partial charge in [0.05, 0.1) is 6.61 Å². The Morgan fingerprint density at radius 2 is 2.24 bits per heavy atom. The van der Waals surface area contributed by atoms with Crippen LogP contribution in [0.4, 0.5) is 5.69 Å². The van der Waals surface area contributed by atoms with Gasteiger partial charge in [0.25, 0.3) is 0 Å². The summed E-state index contributed by atoms with van der Waals surface area (Å²) in [6.07, 6.45) is 2.04. The second-order valence-corrected chi connectivity index (χ2v) is 4.65. The lowest BCUT2D eigenvalue weighted by atomic mass is 10.1. The molecular formula is C14H21NO2. The monoisotopic (exact) mass is 235 g/mol. The maximum absolute atomic E-state index is 9.19. The molecule has 1 aliphatic heterocycles. The van der Waals surface area contributed by atoms with Gasteiger partial charge in [0.1, 0.15) is 0 Å². The number of methoxy groups -OCH3 is 1. The van der Waals surface area contributed by atoms with E-state index in [1.54, 1.807) is 7.11 Å². The first-order valence-electron chi connectivity index (χ1n) is 6.27. The third-order valence-electron chi connectivity index (χ3n) is 3.45. The Bertz CT molecular complexity index is 354. The zero-order chi connectivity index (χ0) is 12.1. The molecule has 1 N–H and O–H groups in total. The van der Waals surface area contributed by atoms with Crippen molar-refractivity contribution in [1.82, 2.24) is 0 Å². The maximum atomic E-state index is 9.19. The zero-order valence-corrected chi connectivity index (χ0v) is 10.4. The van der Waals surface area contributed by atoms with E-state index in [1.165, 1.54) is 11.3 Å². The van der Waals surface area contributed by atoms with Gasteiger partial charge < -0.3 is 14.7 Å². The van der Waals surface area contributed by atoms with Crippen LogP contribution in [-0.4, -0.2) is 38.5 Å². The molecule has 94 valence electrons. The van der Waals surface area contributed by atoms with E-state index in [0.717, 1.165) is 32.5 Å². The molecule has 0 aromatic heterocycles. The number of benzene rings is 1. The van der Waals surface area contributed by atoms with Crippen LogP contribution in [-0.2, 0) is 11.2 Å². The van der Waals surface area contributed by atoms with E-state index in [0.29, 0.717) is 12.5 Å². The number of hydrogen-bond donors (Lipinski definition) is 1. The number of aliphatic hydroxyl groups is 1. The average Bonchev–Trinajstić information content (AvgIpc) is 2.85. The van der Waals surface area contributed by atoms with E-state index in [1.807, 2.05) is 0 Å². The molecule has 3 nitrogen and oxygen atoms in total. The first-order valence-corrected chi connectivity index (χ1v) is 6.27. The van der Waals surface area contributed by atoms with Crippen LogP contribution in [0.5, 0.6) is 0 Å². The van der Waals surface area contributed by atoms with Crippen molar-refractivity contribution in [3.63, 3.8) is 0 Å². The van der Waals surface area contributed by atoms with Gasteiger partial charge in [-0.05, 0) is 24.5 Å². The van der Waals surface area contributed by atoms with Gasteiger partial charge in [-0.25, -0.2) is 0 Å². The lowest BCUT2D eigenvalue weighted by molar-refractivity contribution is 0.202. The van der Waals surface area contributed by atoms with E-state index in [4.69, 9.17) is 4.74 Å². The van der Waals surface area contributed by atoms with Crippen molar-refractivity contribution in [2.24, 2.45) is 5.92 Å². The molecular weight excluding hydrogens is 214 g/mol. The Labute approximate surface area is 103 Å². The van der Waals surface area contributed by atoms with Crippen molar-refractivity contribution in [3.8, 4) is 0 Å². The Morgan fingerprint density at radius 3 is 2.94 bits per heavy atom. The van der Waals surface area contributed by atoms with Crippen LogP contribution in [0.25, 0.3) is 0 Å². The normalized spacial score (nSPS) is 19.9. The summed E-state index contributed by atoms with van der Waals surface area (Å²) in [6, 6.07) is 8.50. The number of rotatable bonds is 5. The predicted octanol–water partition coefficient (Wildman–Crippen LogP) is 1.69. The average molecular weight is 235 g/mol. The van der Waals surface area contributed by atoms with Gasteiger partial charge in [0.15, 0.2) is 0 Å². The first-order chi connectivity index (χ1) is 8.35. The minimum atomic E-state index is 0.302. The molecule has 1 saturated heterocycles. The van der Waals surface area contributed by atoms with Crippen LogP contribution in [0, 0.1) is 5.92 Å². The van der Waals surface area contributed by atoms with Gasteiger partial charge in [-0.2, -0.15) is 0 Å².